The summed E-state index contributed by atoms with van der Waals surface area (Å²) in [6.07, 6.45) is 3.35. The Morgan fingerprint density at radius 3 is 2.77 bits per heavy atom. The number of nitrogens with one attached hydrogen (secondary N) is 1. The second-order valence-electron chi connectivity index (χ2n) is 5.90. The maximum absolute atomic E-state index is 13.0. The van der Waals surface area contributed by atoms with Crippen LogP contribution >= 0.6 is 35.0 Å². The van der Waals surface area contributed by atoms with Gasteiger partial charge in [0.1, 0.15) is 11.6 Å². The number of benzene rings is 1. The van der Waals surface area contributed by atoms with Crippen molar-refractivity contribution in [3.05, 3.63) is 61.4 Å². The first-order valence-electron chi connectivity index (χ1n) is 7.93. The molecule has 0 saturated carbocycles. The number of hydrogen-bond acceptors (Lipinski definition) is 4. The maximum Gasteiger partial charge on any atom is 0.261 e. The van der Waals surface area contributed by atoms with Crippen molar-refractivity contribution >= 4 is 40.9 Å². The monoisotopic (exact) mass is 407 g/mol. The summed E-state index contributed by atoms with van der Waals surface area (Å²) >= 11 is 13.3. The predicted octanol–water partition coefficient (Wildman–Crippen LogP) is 4.25. The number of aromatic amines is 1. The van der Waals surface area contributed by atoms with Crippen LogP contribution in [0.25, 0.3) is 0 Å². The summed E-state index contributed by atoms with van der Waals surface area (Å²) in [4.78, 5) is 29.6. The molecule has 2 heterocycles. The lowest BCUT2D eigenvalue weighted by Gasteiger charge is -2.25. The van der Waals surface area contributed by atoms with Gasteiger partial charge in [-0.25, -0.2) is 0 Å². The van der Waals surface area contributed by atoms with E-state index in [2.05, 4.69) is 4.98 Å². The van der Waals surface area contributed by atoms with Crippen LogP contribution in [-0.2, 0) is 0 Å². The molecule has 3 rings (SSSR count). The summed E-state index contributed by atoms with van der Waals surface area (Å²) < 4.78 is 0. The van der Waals surface area contributed by atoms with E-state index in [1.54, 1.807) is 23.3 Å². The lowest BCUT2D eigenvalue weighted by molar-refractivity contribution is 0.0733. The quantitative estimate of drug-likeness (QED) is 0.771. The number of nitrogens with zero attached hydrogens (tertiary/aromatic N) is 2. The molecular formula is C18H15Cl2N3O2S. The molecule has 2 aromatic rings. The second kappa shape index (κ2) is 7.75. The Morgan fingerprint density at radius 1 is 1.35 bits per heavy atom. The average Bonchev–Trinajstić information content (AvgIpc) is 3.12. The SMILES string of the molecule is CSc1[nH]c(=O)c(C(=O)N2CCCC2c2ccc(Cl)c(Cl)c2)cc1C#N. The molecule has 5 nitrogen and oxygen atoms in total. The zero-order chi connectivity index (χ0) is 18.8. The summed E-state index contributed by atoms with van der Waals surface area (Å²) in [5, 5.41) is 10.6. The molecule has 1 aromatic heterocycles. The van der Waals surface area contributed by atoms with E-state index in [-0.39, 0.29) is 23.1 Å². The third kappa shape index (κ3) is 3.48. The van der Waals surface area contributed by atoms with Crippen molar-refractivity contribution in [2.45, 2.75) is 23.9 Å². The molecule has 0 aliphatic carbocycles. The molecule has 8 heteroatoms. The Hall–Kier alpha value is -1.94. The van der Waals surface area contributed by atoms with Crippen LogP contribution in [0.5, 0.6) is 0 Å². The largest absolute Gasteiger partial charge is 0.331 e. The highest BCUT2D eigenvalue weighted by molar-refractivity contribution is 7.98. The minimum Gasteiger partial charge on any atom is -0.331 e. The van der Waals surface area contributed by atoms with E-state index in [9.17, 15) is 14.9 Å². The highest BCUT2D eigenvalue weighted by atomic mass is 35.5. The van der Waals surface area contributed by atoms with Crippen molar-refractivity contribution in [2.24, 2.45) is 0 Å². The van der Waals surface area contributed by atoms with Gasteiger partial charge in [0.2, 0.25) is 0 Å². The highest BCUT2D eigenvalue weighted by Crippen LogP contribution is 2.35. The van der Waals surface area contributed by atoms with Crippen LogP contribution in [0.2, 0.25) is 10.0 Å². The van der Waals surface area contributed by atoms with Crippen molar-refractivity contribution in [1.29, 1.82) is 5.26 Å². The molecule has 1 atom stereocenters. The Bertz CT molecular complexity index is 968. The van der Waals surface area contributed by atoms with E-state index in [0.29, 0.717) is 21.6 Å². The molecule has 1 saturated heterocycles. The fraction of sp³-hybridized carbons (Fsp3) is 0.278. The van der Waals surface area contributed by atoms with Crippen LogP contribution < -0.4 is 5.56 Å². The summed E-state index contributed by atoms with van der Waals surface area (Å²) in [7, 11) is 0. The summed E-state index contributed by atoms with van der Waals surface area (Å²) in [6.45, 7) is 0.537. The lowest BCUT2D eigenvalue weighted by Crippen LogP contribution is -2.34. The highest BCUT2D eigenvalue weighted by Gasteiger charge is 2.32. The predicted molar refractivity (Wildman–Crippen MR) is 103 cm³/mol. The smallest absolute Gasteiger partial charge is 0.261 e. The zero-order valence-electron chi connectivity index (χ0n) is 13.9. The summed E-state index contributed by atoms with van der Waals surface area (Å²) in [5.74, 6) is -0.385. The summed E-state index contributed by atoms with van der Waals surface area (Å²) in [6, 6.07) is 8.51. The molecule has 1 fully saturated rings. The van der Waals surface area contributed by atoms with Crippen molar-refractivity contribution < 1.29 is 4.79 Å². The number of hydrogen-bond donors (Lipinski definition) is 1. The number of aromatic nitrogens is 1. The normalized spacial score (nSPS) is 16.5. The number of likely N-dealkylation sites (tertiary alicyclic amines) is 1. The van der Waals surface area contributed by atoms with Crippen molar-refractivity contribution in [3.63, 3.8) is 0 Å². The Balaban J connectivity index is 1.98. The van der Waals surface area contributed by atoms with Gasteiger partial charge in [0, 0.05) is 6.54 Å². The first-order chi connectivity index (χ1) is 12.5. The van der Waals surface area contributed by atoms with Crippen LogP contribution in [0.1, 0.15) is 40.4 Å². The lowest BCUT2D eigenvalue weighted by atomic mass is 10.0. The topological polar surface area (TPSA) is 77.0 Å². The maximum atomic E-state index is 13.0. The molecule has 134 valence electrons. The van der Waals surface area contributed by atoms with Crippen LogP contribution in [0.4, 0.5) is 0 Å². The molecule has 1 aliphatic heterocycles. The fourth-order valence-electron chi connectivity index (χ4n) is 3.15. The third-order valence-electron chi connectivity index (χ3n) is 4.40. The molecular weight excluding hydrogens is 393 g/mol. The van der Waals surface area contributed by atoms with Crippen molar-refractivity contribution in [2.75, 3.05) is 12.8 Å². The molecule has 1 aliphatic rings. The fourth-order valence-corrected chi connectivity index (χ4v) is 3.97. The standard InChI is InChI=1S/C18H15Cl2N3O2S/c1-26-17-11(9-21)7-12(16(24)22-17)18(25)23-6-2-3-15(23)10-4-5-13(19)14(20)8-10/h4-5,7-8,15H,2-3,6H2,1H3,(H,22,24). The Kier molecular flexibility index (Phi) is 5.61. The molecule has 0 bridgehead atoms. The van der Waals surface area contributed by atoms with Crippen LogP contribution in [0.15, 0.2) is 34.1 Å². The van der Waals surface area contributed by atoms with Gasteiger partial charge in [-0.3, -0.25) is 9.59 Å². The van der Waals surface area contributed by atoms with Crippen LogP contribution in [0.3, 0.4) is 0 Å². The Labute approximate surface area is 164 Å². The first-order valence-corrected chi connectivity index (χ1v) is 9.91. The second-order valence-corrected chi connectivity index (χ2v) is 7.53. The molecule has 1 aromatic carbocycles. The minimum atomic E-state index is -0.488. The number of thioether (sulfide) groups is 1. The first kappa shape index (κ1) is 18.8. The number of nitriles is 1. The van der Waals surface area contributed by atoms with Crippen LogP contribution in [-0.4, -0.2) is 28.6 Å². The summed E-state index contributed by atoms with van der Waals surface area (Å²) in [5.41, 5.74) is 0.651. The van der Waals surface area contributed by atoms with Gasteiger partial charge >= 0.3 is 0 Å². The van der Waals surface area contributed by atoms with E-state index in [1.165, 1.54) is 17.8 Å². The number of halogens is 2. The third-order valence-corrected chi connectivity index (χ3v) is 5.87. The van der Waals surface area contributed by atoms with E-state index >= 15 is 0 Å². The van der Waals surface area contributed by atoms with Gasteiger partial charge in [-0.1, -0.05) is 29.3 Å². The zero-order valence-corrected chi connectivity index (χ0v) is 16.2. The van der Waals surface area contributed by atoms with Crippen LogP contribution in [0, 0.1) is 11.3 Å². The van der Waals surface area contributed by atoms with Gasteiger partial charge in [0.05, 0.1) is 26.7 Å². The molecule has 26 heavy (non-hydrogen) atoms. The number of carbonyl (C=O) groups excluding carboxylic acids is 1. The van der Waals surface area contributed by atoms with E-state index in [0.717, 1.165) is 18.4 Å². The number of amides is 1. The van der Waals surface area contributed by atoms with Gasteiger partial charge in [-0.05, 0) is 42.9 Å². The number of H-pyrrole nitrogens is 1. The molecule has 1 amide bonds. The number of rotatable bonds is 3. The Morgan fingerprint density at radius 2 is 2.12 bits per heavy atom. The van der Waals surface area contributed by atoms with Gasteiger partial charge in [0.25, 0.3) is 11.5 Å². The molecule has 1 N–H and O–H groups in total. The van der Waals surface area contributed by atoms with Gasteiger partial charge < -0.3 is 9.88 Å². The van der Waals surface area contributed by atoms with Crippen molar-refractivity contribution in [3.8, 4) is 6.07 Å². The van der Waals surface area contributed by atoms with E-state index in [1.807, 2.05) is 12.1 Å². The molecule has 1 unspecified atom stereocenters. The number of pyridine rings is 1. The van der Waals surface area contributed by atoms with Gasteiger partial charge in [0.15, 0.2) is 0 Å². The number of carbonyl (C=O) groups is 1. The van der Waals surface area contributed by atoms with E-state index < -0.39 is 5.56 Å². The van der Waals surface area contributed by atoms with Gasteiger partial charge in [-0.15, -0.1) is 11.8 Å². The van der Waals surface area contributed by atoms with Gasteiger partial charge in [-0.2, -0.15) is 5.26 Å². The van der Waals surface area contributed by atoms with Crippen molar-refractivity contribution in [1.82, 2.24) is 9.88 Å². The average molecular weight is 408 g/mol. The van der Waals surface area contributed by atoms with E-state index in [4.69, 9.17) is 23.2 Å². The molecule has 0 radical (unpaired) electrons. The minimum absolute atomic E-state index is 0.0219. The molecule has 0 spiro atoms.